The quantitative estimate of drug-likeness (QED) is 0.255. The van der Waals surface area contributed by atoms with E-state index >= 15 is 0 Å². The smallest absolute Gasteiger partial charge is 0.268 e. The molecule has 1 atom stereocenters. The maximum absolute atomic E-state index is 12.8. The van der Waals surface area contributed by atoms with E-state index in [0.717, 1.165) is 11.3 Å². The van der Waals surface area contributed by atoms with E-state index in [9.17, 15) is 9.90 Å². The molecule has 152 valence electrons. The van der Waals surface area contributed by atoms with Crippen molar-refractivity contribution in [3.8, 4) is 11.3 Å². The van der Waals surface area contributed by atoms with Gasteiger partial charge in [-0.2, -0.15) is 0 Å². The number of aliphatic hydroxyl groups excluding tert-OH is 1. The van der Waals surface area contributed by atoms with E-state index in [4.69, 9.17) is 23.1 Å². The Morgan fingerprint density at radius 3 is 2.59 bits per heavy atom. The number of aryl methyl sites for hydroxylation is 1. The molecule has 0 bridgehead atoms. The topological polar surface area (TPSA) is 158 Å². The van der Waals surface area contributed by atoms with Crippen LogP contribution in [0.3, 0.4) is 0 Å². The first-order valence-electron chi connectivity index (χ1n) is 8.84. The van der Waals surface area contributed by atoms with Gasteiger partial charge in [-0.3, -0.25) is 9.79 Å². The molecule has 3 rings (SSSR count). The third-order valence-electron chi connectivity index (χ3n) is 4.33. The van der Waals surface area contributed by atoms with Gasteiger partial charge in [0.05, 0.1) is 18.8 Å². The molecule has 8 N–H and O–H groups in total. The lowest BCUT2D eigenvalue weighted by atomic mass is 10.2. The number of nitrogens with zero attached hydrogens (tertiary/aromatic N) is 2. The number of H-pyrrole nitrogens is 2. The van der Waals surface area contributed by atoms with Gasteiger partial charge in [0.1, 0.15) is 17.6 Å². The van der Waals surface area contributed by atoms with Crippen molar-refractivity contribution in [3.63, 3.8) is 0 Å². The normalized spacial score (nSPS) is 11.8. The Morgan fingerprint density at radius 2 is 1.97 bits per heavy atom. The van der Waals surface area contributed by atoms with Crippen molar-refractivity contribution < 1.29 is 9.90 Å². The van der Waals surface area contributed by atoms with Crippen molar-refractivity contribution in [1.29, 1.82) is 0 Å². The van der Waals surface area contributed by atoms with Gasteiger partial charge in [0.25, 0.3) is 5.91 Å². The van der Waals surface area contributed by atoms with E-state index < -0.39 is 6.04 Å². The SMILES string of the molecule is Cc1[nH]c(C(CN=C(N)N)NC(=O)c2ccc(-c3ccc(Cl)cc3)[nH]2)nc1CO. The van der Waals surface area contributed by atoms with Gasteiger partial charge >= 0.3 is 0 Å². The maximum Gasteiger partial charge on any atom is 0.268 e. The molecule has 0 saturated heterocycles. The van der Waals surface area contributed by atoms with Crippen molar-refractivity contribution >= 4 is 23.5 Å². The molecular weight excluding hydrogens is 394 g/mol. The van der Waals surface area contributed by atoms with Gasteiger partial charge in [-0.1, -0.05) is 23.7 Å². The summed E-state index contributed by atoms with van der Waals surface area (Å²) in [4.78, 5) is 27.2. The molecular formula is C19H22ClN7O2. The summed E-state index contributed by atoms with van der Waals surface area (Å²) in [5.74, 6) is 0.00907. The van der Waals surface area contributed by atoms with E-state index in [1.807, 2.05) is 18.2 Å². The highest BCUT2D eigenvalue weighted by molar-refractivity contribution is 6.30. The summed E-state index contributed by atoms with van der Waals surface area (Å²) in [6, 6.07) is 10.2. The number of halogens is 1. The van der Waals surface area contributed by atoms with Gasteiger partial charge in [-0.25, -0.2) is 4.98 Å². The molecule has 0 aliphatic heterocycles. The Morgan fingerprint density at radius 1 is 1.24 bits per heavy atom. The van der Waals surface area contributed by atoms with Gasteiger partial charge in [0.2, 0.25) is 0 Å². The van der Waals surface area contributed by atoms with Crippen LogP contribution < -0.4 is 16.8 Å². The monoisotopic (exact) mass is 415 g/mol. The number of nitrogens with two attached hydrogens (primary N) is 2. The molecule has 1 amide bonds. The second-order valence-corrected chi connectivity index (χ2v) is 6.87. The highest BCUT2D eigenvalue weighted by Gasteiger charge is 2.21. The third kappa shape index (κ3) is 4.95. The van der Waals surface area contributed by atoms with Crippen molar-refractivity contribution in [1.82, 2.24) is 20.3 Å². The molecule has 29 heavy (non-hydrogen) atoms. The van der Waals surface area contributed by atoms with Gasteiger partial charge in [-0.05, 0) is 36.8 Å². The lowest BCUT2D eigenvalue weighted by Gasteiger charge is -2.14. The molecule has 0 radical (unpaired) electrons. The Kier molecular flexibility index (Phi) is 6.20. The van der Waals surface area contributed by atoms with E-state index in [0.29, 0.717) is 27.9 Å². The van der Waals surface area contributed by atoms with Crippen molar-refractivity contribution in [3.05, 3.63) is 64.3 Å². The van der Waals surface area contributed by atoms with Crippen LogP contribution in [0.2, 0.25) is 5.02 Å². The number of aliphatic hydroxyl groups is 1. The maximum atomic E-state index is 12.8. The number of imidazole rings is 1. The number of guanidine groups is 1. The predicted molar refractivity (Wildman–Crippen MR) is 111 cm³/mol. The third-order valence-corrected chi connectivity index (χ3v) is 4.58. The number of nitrogens with one attached hydrogen (secondary N) is 3. The minimum absolute atomic E-state index is 0.0939. The molecule has 0 fully saturated rings. The Bertz CT molecular complexity index is 1020. The summed E-state index contributed by atoms with van der Waals surface area (Å²) in [7, 11) is 0. The highest BCUT2D eigenvalue weighted by Crippen LogP contribution is 2.21. The zero-order valence-corrected chi connectivity index (χ0v) is 16.5. The number of hydrogen-bond acceptors (Lipinski definition) is 4. The summed E-state index contributed by atoms with van der Waals surface area (Å²) >= 11 is 5.92. The lowest BCUT2D eigenvalue weighted by molar-refractivity contribution is 0.0932. The van der Waals surface area contributed by atoms with Gasteiger partial charge < -0.3 is 31.9 Å². The number of aromatic nitrogens is 3. The molecule has 1 unspecified atom stereocenters. The second-order valence-electron chi connectivity index (χ2n) is 6.44. The van der Waals surface area contributed by atoms with Crippen LogP contribution in [0.5, 0.6) is 0 Å². The molecule has 9 nitrogen and oxygen atoms in total. The molecule has 0 spiro atoms. The Balaban J connectivity index is 1.80. The van der Waals surface area contributed by atoms with Crippen LogP contribution in [0.1, 0.15) is 33.7 Å². The minimum Gasteiger partial charge on any atom is -0.390 e. The average Bonchev–Trinajstić information content (AvgIpc) is 3.32. The first kappa shape index (κ1) is 20.4. The standard InChI is InChI=1S/C19H22ClN7O2/c1-10-16(9-28)26-17(24-10)15(8-23-19(21)22)27-18(29)14-7-6-13(25-14)11-2-4-12(20)5-3-11/h2-7,15,25,28H,8-9H2,1H3,(H,24,26)(H,27,29)(H4,21,22,23). The number of aliphatic imine (C=N–C) groups is 1. The molecule has 0 aliphatic rings. The molecule has 0 aliphatic carbocycles. The van der Waals surface area contributed by atoms with Crippen molar-refractivity contribution in [2.45, 2.75) is 19.6 Å². The summed E-state index contributed by atoms with van der Waals surface area (Å²) in [5, 5.41) is 12.9. The Hall–Kier alpha value is -3.30. The van der Waals surface area contributed by atoms with Gasteiger partial charge in [0, 0.05) is 16.4 Å². The molecule has 10 heteroatoms. The number of carbonyl (C=O) groups is 1. The number of amides is 1. The first-order valence-corrected chi connectivity index (χ1v) is 9.22. The van der Waals surface area contributed by atoms with E-state index in [1.54, 1.807) is 25.1 Å². The fourth-order valence-electron chi connectivity index (χ4n) is 2.80. The average molecular weight is 416 g/mol. The molecule has 2 heterocycles. The largest absolute Gasteiger partial charge is 0.390 e. The first-order chi connectivity index (χ1) is 13.9. The highest BCUT2D eigenvalue weighted by atomic mass is 35.5. The number of aromatic amines is 2. The van der Waals surface area contributed by atoms with Crippen molar-refractivity contribution in [2.75, 3.05) is 6.54 Å². The molecule has 0 saturated carbocycles. The van der Waals surface area contributed by atoms with Crippen LogP contribution in [0.25, 0.3) is 11.3 Å². The van der Waals surface area contributed by atoms with Crippen molar-refractivity contribution in [2.24, 2.45) is 16.5 Å². The van der Waals surface area contributed by atoms with Crippen LogP contribution >= 0.6 is 11.6 Å². The fourth-order valence-corrected chi connectivity index (χ4v) is 2.92. The number of benzene rings is 1. The number of hydrogen-bond donors (Lipinski definition) is 6. The summed E-state index contributed by atoms with van der Waals surface area (Å²) in [6.45, 7) is 1.66. The number of rotatable bonds is 7. The zero-order chi connectivity index (χ0) is 21.0. The minimum atomic E-state index is -0.606. The van der Waals surface area contributed by atoms with E-state index in [2.05, 4.69) is 25.3 Å². The van der Waals surface area contributed by atoms with Crippen LogP contribution in [0.15, 0.2) is 41.4 Å². The van der Waals surface area contributed by atoms with Crippen LogP contribution in [0.4, 0.5) is 0 Å². The van der Waals surface area contributed by atoms with Gasteiger partial charge in [-0.15, -0.1) is 0 Å². The Labute approximate surface area is 172 Å². The summed E-state index contributed by atoms with van der Waals surface area (Å²) in [6.07, 6.45) is 0. The lowest BCUT2D eigenvalue weighted by Crippen LogP contribution is -2.33. The summed E-state index contributed by atoms with van der Waals surface area (Å²) in [5.41, 5.74) is 14.1. The predicted octanol–water partition coefficient (Wildman–Crippen LogP) is 1.60. The van der Waals surface area contributed by atoms with Crippen LogP contribution in [0, 0.1) is 6.92 Å². The molecule has 3 aromatic rings. The van der Waals surface area contributed by atoms with Gasteiger partial charge in [0.15, 0.2) is 5.96 Å². The second kappa shape index (κ2) is 8.80. The van der Waals surface area contributed by atoms with Crippen LogP contribution in [-0.4, -0.2) is 38.5 Å². The fraction of sp³-hybridized carbons (Fsp3) is 0.211. The van der Waals surface area contributed by atoms with E-state index in [1.165, 1.54) is 0 Å². The summed E-state index contributed by atoms with van der Waals surface area (Å²) < 4.78 is 0. The number of carbonyl (C=O) groups excluding carboxylic acids is 1. The van der Waals surface area contributed by atoms with E-state index in [-0.39, 0.29) is 25.0 Å². The molecule has 2 aromatic heterocycles. The van der Waals surface area contributed by atoms with Crippen LogP contribution in [-0.2, 0) is 6.61 Å². The zero-order valence-electron chi connectivity index (χ0n) is 15.7. The molecule has 1 aromatic carbocycles.